The van der Waals surface area contributed by atoms with E-state index in [9.17, 15) is 29.5 Å². The highest BCUT2D eigenvalue weighted by molar-refractivity contribution is 6.58. The molecule has 3 amide bonds. The molecule has 0 aromatic heterocycles. The third-order valence-electron chi connectivity index (χ3n) is 5.38. The summed E-state index contributed by atoms with van der Waals surface area (Å²) in [6.07, 6.45) is 1.70. The summed E-state index contributed by atoms with van der Waals surface area (Å²) >= 11 is 0. The van der Waals surface area contributed by atoms with E-state index in [-0.39, 0.29) is 31.2 Å². The van der Waals surface area contributed by atoms with Gasteiger partial charge in [-0.1, -0.05) is 36.8 Å². The largest absolute Gasteiger partial charge is 0.558 e. The molecule has 0 radical (unpaired) electrons. The van der Waals surface area contributed by atoms with Gasteiger partial charge in [-0.05, 0) is 37.3 Å². The average molecular weight is 435 g/mol. The molecular formula is C20H32BN4O6-. The topological polar surface area (TPSA) is 165 Å². The fourth-order valence-corrected chi connectivity index (χ4v) is 3.82. The normalized spacial score (nSPS) is 18.4. The Labute approximate surface area is 181 Å². The fraction of sp³-hybridized carbons (Fsp3) is 0.550. The Bertz CT molecular complexity index is 758. The Morgan fingerprint density at radius 1 is 1.19 bits per heavy atom. The SMILES string of the molecule is CC(=O)N[C@H](Cc1ccccc1)C(=O)N1CCC[C@H]1C(=O)N[C@@H](CCCN)[B-](O)(O)O. The second-order valence-electron chi connectivity index (χ2n) is 7.97. The monoisotopic (exact) mass is 435 g/mol. The van der Waals surface area contributed by atoms with Gasteiger partial charge < -0.3 is 36.3 Å². The Morgan fingerprint density at radius 3 is 2.45 bits per heavy atom. The maximum atomic E-state index is 13.2. The summed E-state index contributed by atoms with van der Waals surface area (Å²) in [4.78, 5) is 39.1. The average Bonchev–Trinajstić information content (AvgIpc) is 3.19. The van der Waals surface area contributed by atoms with E-state index in [2.05, 4.69) is 10.6 Å². The number of benzene rings is 1. The molecule has 31 heavy (non-hydrogen) atoms. The zero-order valence-electron chi connectivity index (χ0n) is 17.7. The van der Waals surface area contributed by atoms with Gasteiger partial charge in [-0.15, -0.1) is 0 Å². The molecule has 1 aromatic carbocycles. The van der Waals surface area contributed by atoms with Gasteiger partial charge in [-0.3, -0.25) is 14.4 Å². The highest BCUT2D eigenvalue weighted by Crippen LogP contribution is 2.20. The van der Waals surface area contributed by atoms with Crippen LogP contribution in [0.2, 0.25) is 0 Å². The molecule has 0 aliphatic carbocycles. The van der Waals surface area contributed by atoms with Crippen LogP contribution in [-0.2, 0) is 20.8 Å². The molecule has 0 spiro atoms. The van der Waals surface area contributed by atoms with Gasteiger partial charge in [0.25, 0.3) is 0 Å². The van der Waals surface area contributed by atoms with Crippen LogP contribution in [0.5, 0.6) is 0 Å². The van der Waals surface area contributed by atoms with Crippen LogP contribution in [0.3, 0.4) is 0 Å². The maximum absolute atomic E-state index is 13.2. The first kappa shape index (κ1) is 24.8. The number of amides is 3. The minimum absolute atomic E-state index is 0.0783. The number of nitrogens with one attached hydrogen (secondary N) is 2. The van der Waals surface area contributed by atoms with Gasteiger partial charge >= 0.3 is 6.75 Å². The van der Waals surface area contributed by atoms with Crippen LogP contribution < -0.4 is 16.4 Å². The van der Waals surface area contributed by atoms with Gasteiger partial charge in [-0.25, -0.2) is 0 Å². The van der Waals surface area contributed by atoms with Gasteiger partial charge in [0.2, 0.25) is 17.7 Å². The highest BCUT2D eigenvalue weighted by Gasteiger charge is 2.39. The van der Waals surface area contributed by atoms with Crippen molar-refractivity contribution in [3.8, 4) is 0 Å². The molecular weight excluding hydrogens is 403 g/mol. The van der Waals surface area contributed by atoms with E-state index in [1.165, 1.54) is 11.8 Å². The molecule has 10 nitrogen and oxygen atoms in total. The van der Waals surface area contributed by atoms with Crippen molar-refractivity contribution in [2.24, 2.45) is 5.73 Å². The zero-order chi connectivity index (χ0) is 23.0. The van der Waals surface area contributed by atoms with Gasteiger partial charge in [-0.2, -0.15) is 0 Å². The molecule has 1 heterocycles. The Balaban J connectivity index is 2.14. The molecule has 1 aliphatic rings. The van der Waals surface area contributed by atoms with Crippen LogP contribution in [0.25, 0.3) is 0 Å². The molecule has 1 aliphatic heterocycles. The summed E-state index contributed by atoms with van der Waals surface area (Å²) in [5.41, 5.74) is 6.30. The number of rotatable bonds is 10. The quantitative estimate of drug-likeness (QED) is 0.241. The molecule has 1 fully saturated rings. The van der Waals surface area contributed by atoms with E-state index >= 15 is 0 Å². The first-order valence-electron chi connectivity index (χ1n) is 10.6. The van der Waals surface area contributed by atoms with E-state index < -0.39 is 30.7 Å². The summed E-state index contributed by atoms with van der Waals surface area (Å²) in [6.45, 7) is -1.88. The van der Waals surface area contributed by atoms with Crippen LogP contribution in [0.1, 0.15) is 38.2 Å². The van der Waals surface area contributed by atoms with Crippen molar-refractivity contribution < 1.29 is 29.5 Å². The fourth-order valence-electron chi connectivity index (χ4n) is 3.82. The van der Waals surface area contributed by atoms with Crippen molar-refractivity contribution in [3.05, 3.63) is 35.9 Å². The Morgan fingerprint density at radius 2 is 1.87 bits per heavy atom. The van der Waals surface area contributed by atoms with Crippen LogP contribution in [0.4, 0.5) is 0 Å². The molecule has 3 atom stereocenters. The minimum atomic E-state index is -3.79. The molecule has 11 heteroatoms. The number of nitrogens with zero attached hydrogens (tertiary/aromatic N) is 1. The van der Waals surface area contributed by atoms with Crippen molar-refractivity contribution >= 4 is 24.5 Å². The lowest BCUT2D eigenvalue weighted by Crippen LogP contribution is -2.61. The smallest absolute Gasteiger partial charge is 0.393 e. The van der Waals surface area contributed by atoms with E-state index in [4.69, 9.17) is 5.73 Å². The maximum Gasteiger partial charge on any atom is 0.393 e. The van der Waals surface area contributed by atoms with Crippen molar-refractivity contribution in [1.82, 2.24) is 15.5 Å². The predicted octanol–water partition coefficient (Wildman–Crippen LogP) is -1.60. The third-order valence-corrected chi connectivity index (χ3v) is 5.38. The number of hydrogen-bond acceptors (Lipinski definition) is 7. The van der Waals surface area contributed by atoms with Gasteiger partial charge in [0.1, 0.15) is 12.1 Å². The standard InChI is InChI=1S/C20H32BN4O6/c1-14(26)23-16(13-15-7-3-2-4-8-15)20(28)25-12-6-9-17(25)19(27)24-18(10-5-11-22)21(29,30)31/h2-4,7-8,16-18,29-31H,5-6,9-13,22H2,1H3,(H,23,26)(H,24,27)/q-1/t16-,17+,18+/m1/s1. The molecule has 0 saturated carbocycles. The molecule has 172 valence electrons. The van der Waals surface area contributed by atoms with Crippen molar-refractivity contribution in [2.75, 3.05) is 13.1 Å². The Hall–Kier alpha value is -2.47. The van der Waals surface area contributed by atoms with Crippen LogP contribution in [0.15, 0.2) is 30.3 Å². The van der Waals surface area contributed by atoms with Crippen LogP contribution in [0, 0.1) is 0 Å². The third kappa shape index (κ3) is 7.32. The zero-order valence-corrected chi connectivity index (χ0v) is 17.7. The van der Waals surface area contributed by atoms with Crippen molar-refractivity contribution in [3.63, 3.8) is 0 Å². The molecule has 0 unspecified atom stereocenters. The molecule has 1 aromatic rings. The molecule has 1 saturated heterocycles. The van der Waals surface area contributed by atoms with E-state index in [1.807, 2.05) is 30.3 Å². The van der Waals surface area contributed by atoms with Crippen molar-refractivity contribution in [1.29, 1.82) is 0 Å². The van der Waals surface area contributed by atoms with E-state index in [0.717, 1.165) is 5.56 Å². The molecule has 0 bridgehead atoms. The lowest BCUT2D eigenvalue weighted by Gasteiger charge is -2.35. The lowest BCUT2D eigenvalue weighted by atomic mass is 9.68. The first-order chi connectivity index (χ1) is 14.6. The summed E-state index contributed by atoms with van der Waals surface area (Å²) in [5, 5.41) is 34.0. The number of nitrogens with two attached hydrogens (primary N) is 1. The second kappa shape index (κ2) is 11.2. The summed E-state index contributed by atoms with van der Waals surface area (Å²) < 4.78 is 0. The number of likely N-dealkylation sites (tertiary alicyclic amines) is 1. The Kier molecular flexibility index (Phi) is 8.99. The number of carbonyl (C=O) groups is 3. The van der Waals surface area contributed by atoms with Gasteiger partial charge in [0.15, 0.2) is 0 Å². The second-order valence-corrected chi connectivity index (χ2v) is 7.97. The molecule has 2 rings (SSSR count). The first-order valence-corrected chi connectivity index (χ1v) is 10.6. The van der Waals surface area contributed by atoms with Crippen LogP contribution >= 0.6 is 0 Å². The summed E-state index contributed by atoms with van der Waals surface area (Å²) in [6, 6.07) is 7.56. The lowest BCUT2D eigenvalue weighted by molar-refractivity contribution is -0.141. The van der Waals surface area contributed by atoms with E-state index in [0.29, 0.717) is 25.8 Å². The van der Waals surface area contributed by atoms with Crippen LogP contribution in [-0.4, -0.2) is 75.6 Å². The van der Waals surface area contributed by atoms with Gasteiger partial charge in [0, 0.05) is 19.9 Å². The summed E-state index contributed by atoms with van der Waals surface area (Å²) in [7, 11) is 0. The van der Waals surface area contributed by atoms with E-state index in [1.54, 1.807) is 0 Å². The number of hydrogen-bond donors (Lipinski definition) is 6. The highest BCUT2D eigenvalue weighted by atomic mass is 16.5. The molecule has 7 N–H and O–H groups in total. The van der Waals surface area contributed by atoms with Gasteiger partial charge in [0.05, 0.1) is 0 Å². The predicted molar refractivity (Wildman–Crippen MR) is 115 cm³/mol. The number of carbonyl (C=O) groups excluding carboxylic acids is 3. The summed E-state index contributed by atoms with van der Waals surface area (Å²) in [5.74, 6) is -2.62. The minimum Gasteiger partial charge on any atom is -0.558 e. The van der Waals surface area contributed by atoms with Crippen molar-refractivity contribution in [2.45, 2.75) is 57.1 Å².